The van der Waals surface area contributed by atoms with E-state index in [1.165, 1.54) is 11.1 Å². The number of hydrogen-bond acceptors (Lipinski definition) is 4. The molecular formula is C45H29N3O. The Bertz CT molecular complexity index is 2500. The predicted molar refractivity (Wildman–Crippen MR) is 200 cm³/mol. The lowest BCUT2D eigenvalue weighted by atomic mass is 9.95. The number of nitrogens with zero attached hydrogens (tertiary/aromatic N) is 3. The van der Waals surface area contributed by atoms with Crippen molar-refractivity contribution in [3.8, 4) is 67.5 Å². The van der Waals surface area contributed by atoms with Gasteiger partial charge in [0, 0.05) is 33.0 Å². The van der Waals surface area contributed by atoms with Crippen LogP contribution in [-0.2, 0) is 0 Å². The zero-order valence-electron chi connectivity index (χ0n) is 26.5. The quantitative estimate of drug-likeness (QED) is 0.184. The number of para-hydroxylation sites is 1. The molecule has 0 aliphatic rings. The summed E-state index contributed by atoms with van der Waals surface area (Å²) < 4.78 is 6.60. The van der Waals surface area contributed by atoms with E-state index < -0.39 is 0 Å². The summed E-state index contributed by atoms with van der Waals surface area (Å²) in [5, 5.41) is 2.22. The van der Waals surface area contributed by atoms with E-state index in [9.17, 15) is 0 Å². The van der Waals surface area contributed by atoms with Crippen molar-refractivity contribution in [2.24, 2.45) is 0 Å². The van der Waals surface area contributed by atoms with Crippen LogP contribution < -0.4 is 0 Å². The highest BCUT2D eigenvalue weighted by Gasteiger charge is 2.17. The molecule has 0 spiro atoms. The Kier molecular flexibility index (Phi) is 7.10. The van der Waals surface area contributed by atoms with Gasteiger partial charge in [-0.25, -0.2) is 15.0 Å². The Morgan fingerprint density at radius 3 is 1.29 bits per heavy atom. The van der Waals surface area contributed by atoms with Crippen molar-refractivity contribution >= 4 is 21.9 Å². The molecule has 0 N–H and O–H groups in total. The molecule has 0 bridgehead atoms. The summed E-state index contributed by atoms with van der Waals surface area (Å²) in [6.45, 7) is 0. The predicted octanol–water partition coefficient (Wildman–Crippen LogP) is 11.8. The highest BCUT2D eigenvalue weighted by Crippen LogP contribution is 2.41. The smallest absolute Gasteiger partial charge is 0.164 e. The van der Waals surface area contributed by atoms with E-state index in [1.807, 2.05) is 66.7 Å². The van der Waals surface area contributed by atoms with Gasteiger partial charge in [-0.3, -0.25) is 0 Å². The first-order valence-corrected chi connectivity index (χ1v) is 16.4. The van der Waals surface area contributed by atoms with E-state index in [0.717, 1.165) is 60.9 Å². The van der Waals surface area contributed by atoms with Crippen molar-refractivity contribution < 1.29 is 4.42 Å². The van der Waals surface area contributed by atoms with Gasteiger partial charge in [-0.05, 0) is 33.9 Å². The lowest BCUT2D eigenvalue weighted by molar-refractivity contribution is 0.670. The van der Waals surface area contributed by atoms with Crippen LogP contribution in [0.4, 0.5) is 0 Å². The average Bonchev–Trinajstić information content (AvgIpc) is 3.58. The minimum atomic E-state index is 0.629. The summed E-state index contributed by atoms with van der Waals surface area (Å²) in [5.41, 5.74) is 11.4. The van der Waals surface area contributed by atoms with E-state index in [1.54, 1.807) is 0 Å². The van der Waals surface area contributed by atoms with Crippen molar-refractivity contribution in [2.45, 2.75) is 0 Å². The third-order valence-corrected chi connectivity index (χ3v) is 8.98. The maximum Gasteiger partial charge on any atom is 0.164 e. The minimum absolute atomic E-state index is 0.629. The minimum Gasteiger partial charge on any atom is -0.455 e. The van der Waals surface area contributed by atoms with Gasteiger partial charge >= 0.3 is 0 Å². The van der Waals surface area contributed by atoms with Crippen LogP contribution in [0.2, 0.25) is 0 Å². The number of furan rings is 1. The molecule has 49 heavy (non-hydrogen) atoms. The van der Waals surface area contributed by atoms with Gasteiger partial charge in [-0.15, -0.1) is 0 Å². The van der Waals surface area contributed by atoms with Crippen molar-refractivity contribution in [1.82, 2.24) is 15.0 Å². The average molecular weight is 628 g/mol. The lowest BCUT2D eigenvalue weighted by Crippen LogP contribution is -2.00. The zero-order chi connectivity index (χ0) is 32.6. The van der Waals surface area contributed by atoms with Crippen LogP contribution in [0.5, 0.6) is 0 Å². The lowest BCUT2D eigenvalue weighted by Gasteiger charge is -2.09. The fourth-order valence-corrected chi connectivity index (χ4v) is 6.53. The molecule has 0 aliphatic carbocycles. The van der Waals surface area contributed by atoms with E-state index in [-0.39, 0.29) is 0 Å². The van der Waals surface area contributed by atoms with Crippen molar-refractivity contribution in [1.29, 1.82) is 0 Å². The summed E-state index contributed by atoms with van der Waals surface area (Å²) >= 11 is 0. The summed E-state index contributed by atoms with van der Waals surface area (Å²) in [6, 6.07) is 60.4. The first-order chi connectivity index (χ1) is 24.3. The van der Waals surface area contributed by atoms with Crippen LogP contribution in [0.25, 0.3) is 89.5 Å². The molecule has 0 amide bonds. The fourth-order valence-electron chi connectivity index (χ4n) is 6.53. The number of hydrogen-bond donors (Lipinski definition) is 0. The topological polar surface area (TPSA) is 51.8 Å². The molecule has 0 radical (unpaired) electrons. The molecule has 2 aromatic heterocycles. The number of fused-ring (bicyclic) bond motifs is 3. The van der Waals surface area contributed by atoms with Gasteiger partial charge in [0.05, 0.1) is 0 Å². The van der Waals surface area contributed by atoms with Gasteiger partial charge in [0.25, 0.3) is 0 Å². The molecular weight excluding hydrogens is 599 g/mol. The number of benzene rings is 7. The molecule has 0 aliphatic heterocycles. The molecule has 9 aromatic rings. The van der Waals surface area contributed by atoms with Crippen LogP contribution in [-0.4, -0.2) is 15.0 Å². The maximum atomic E-state index is 6.60. The summed E-state index contributed by atoms with van der Waals surface area (Å²) in [4.78, 5) is 14.6. The molecule has 0 saturated heterocycles. The Morgan fingerprint density at radius 2 is 0.714 bits per heavy atom. The van der Waals surface area contributed by atoms with Crippen molar-refractivity contribution in [3.05, 3.63) is 176 Å². The van der Waals surface area contributed by atoms with Crippen LogP contribution >= 0.6 is 0 Å². The van der Waals surface area contributed by atoms with Gasteiger partial charge < -0.3 is 4.42 Å². The Morgan fingerprint density at radius 1 is 0.306 bits per heavy atom. The molecule has 0 saturated carbocycles. The molecule has 2 heterocycles. The first kappa shape index (κ1) is 28.6. The Balaban J connectivity index is 1.10. The first-order valence-electron chi connectivity index (χ1n) is 16.4. The maximum absolute atomic E-state index is 6.60. The molecule has 4 nitrogen and oxygen atoms in total. The van der Waals surface area contributed by atoms with Gasteiger partial charge in [0.15, 0.2) is 17.5 Å². The van der Waals surface area contributed by atoms with Crippen LogP contribution in [0, 0.1) is 0 Å². The molecule has 0 atom stereocenters. The third-order valence-electron chi connectivity index (χ3n) is 8.98. The second kappa shape index (κ2) is 12.2. The highest BCUT2D eigenvalue weighted by molar-refractivity contribution is 6.15. The third kappa shape index (κ3) is 5.35. The van der Waals surface area contributed by atoms with E-state index in [0.29, 0.717) is 17.5 Å². The molecule has 9 rings (SSSR count). The van der Waals surface area contributed by atoms with Crippen LogP contribution in [0.15, 0.2) is 180 Å². The largest absolute Gasteiger partial charge is 0.455 e. The van der Waals surface area contributed by atoms with E-state index in [4.69, 9.17) is 19.4 Å². The summed E-state index contributed by atoms with van der Waals surface area (Å²) in [5.74, 6) is 1.92. The van der Waals surface area contributed by atoms with Crippen molar-refractivity contribution in [3.63, 3.8) is 0 Å². The second-order valence-electron chi connectivity index (χ2n) is 12.0. The van der Waals surface area contributed by atoms with E-state index in [2.05, 4.69) is 109 Å². The standard InChI is InChI=1S/C45H29N3O/c1-4-12-30(13-5-1)31-22-24-32(25-23-31)37-18-11-21-40-41(37)39-20-10-19-38(42(39)49-40)33-26-28-36(29-27-33)45-47-43(34-14-6-2-7-15-34)46-44(48-45)35-16-8-3-9-17-35/h1-29H. The normalized spacial score (nSPS) is 11.3. The SMILES string of the molecule is c1ccc(-c2ccc(-c3cccc4oc5c(-c6ccc(-c7nc(-c8ccccc8)nc(-c8ccccc8)n7)cc6)cccc5c34)cc2)cc1. The van der Waals surface area contributed by atoms with Crippen molar-refractivity contribution in [2.75, 3.05) is 0 Å². The van der Waals surface area contributed by atoms with Gasteiger partial charge in [0.1, 0.15) is 11.2 Å². The fraction of sp³-hybridized carbons (Fsp3) is 0. The van der Waals surface area contributed by atoms with Crippen LogP contribution in [0.1, 0.15) is 0 Å². The van der Waals surface area contributed by atoms with Gasteiger partial charge in [-0.2, -0.15) is 0 Å². The molecule has 4 heteroatoms. The molecule has 0 unspecified atom stereocenters. The number of rotatable bonds is 6. The molecule has 230 valence electrons. The monoisotopic (exact) mass is 627 g/mol. The Hall–Kier alpha value is -6.65. The summed E-state index contributed by atoms with van der Waals surface area (Å²) in [7, 11) is 0. The highest BCUT2D eigenvalue weighted by atomic mass is 16.3. The zero-order valence-corrected chi connectivity index (χ0v) is 26.5. The van der Waals surface area contributed by atoms with E-state index >= 15 is 0 Å². The van der Waals surface area contributed by atoms with Crippen LogP contribution in [0.3, 0.4) is 0 Å². The van der Waals surface area contributed by atoms with Gasteiger partial charge in [-0.1, -0.05) is 170 Å². The van der Waals surface area contributed by atoms with Gasteiger partial charge in [0.2, 0.25) is 0 Å². The number of aromatic nitrogens is 3. The summed E-state index contributed by atoms with van der Waals surface area (Å²) in [6.07, 6.45) is 0. The second-order valence-corrected chi connectivity index (χ2v) is 12.0. The Labute approximate surface area is 284 Å². The molecule has 7 aromatic carbocycles. The molecule has 0 fully saturated rings.